The number of carbonyl (C=O) groups is 2. The van der Waals surface area contributed by atoms with Gasteiger partial charge in [-0.2, -0.15) is 0 Å². The van der Waals surface area contributed by atoms with Crippen LogP contribution in [-0.2, 0) is 9.59 Å². The SMILES string of the molecule is CC1CN(C(=O)C2=Cc3cc(Br)ccc3OC2)CCC1C(=O)O. The standard InChI is InChI=1S/C17H18BrNO4/c1-10-8-19(5-4-14(10)17(21)22)16(20)12-6-11-7-13(18)2-3-15(11)23-9-12/h2-3,6-7,10,14H,4-5,8-9H2,1H3,(H,21,22). The van der Waals surface area contributed by atoms with Crippen LogP contribution in [-0.4, -0.2) is 41.6 Å². The van der Waals surface area contributed by atoms with Crippen LogP contribution in [0.4, 0.5) is 0 Å². The predicted octanol–water partition coefficient (Wildman–Crippen LogP) is 2.79. The number of rotatable bonds is 2. The number of hydrogen-bond donors (Lipinski definition) is 1. The summed E-state index contributed by atoms with van der Waals surface area (Å²) in [5.74, 6) is -0.485. The topological polar surface area (TPSA) is 66.8 Å². The highest BCUT2D eigenvalue weighted by molar-refractivity contribution is 9.10. The molecule has 5 nitrogen and oxygen atoms in total. The van der Waals surface area contributed by atoms with Crippen molar-refractivity contribution in [3.05, 3.63) is 33.8 Å². The molecule has 2 atom stereocenters. The lowest BCUT2D eigenvalue weighted by Crippen LogP contribution is -2.46. The summed E-state index contributed by atoms with van der Waals surface area (Å²) < 4.78 is 6.59. The molecule has 0 saturated carbocycles. The minimum atomic E-state index is -0.774. The van der Waals surface area contributed by atoms with Crippen LogP contribution in [0, 0.1) is 11.8 Å². The van der Waals surface area contributed by atoms with E-state index in [2.05, 4.69) is 15.9 Å². The van der Waals surface area contributed by atoms with Gasteiger partial charge in [0.15, 0.2) is 0 Å². The van der Waals surface area contributed by atoms with Gasteiger partial charge in [-0.15, -0.1) is 0 Å². The lowest BCUT2D eigenvalue weighted by atomic mass is 9.86. The van der Waals surface area contributed by atoms with Crippen molar-refractivity contribution in [2.24, 2.45) is 11.8 Å². The second-order valence-corrected chi connectivity index (χ2v) is 7.02. The van der Waals surface area contributed by atoms with Gasteiger partial charge in [-0.25, -0.2) is 0 Å². The molecule has 1 fully saturated rings. The molecular weight excluding hydrogens is 362 g/mol. The first kappa shape index (κ1) is 16.1. The van der Waals surface area contributed by atoms with E-state index in [-0.39, 0.29) is 24.3 Å². The van der Waals surface area contributed by atoms with Gasteiger partial charge < -0.3 is 14.7 Å². The molecule has 0 aromatic heterocycles. The quantitative estimate of drug-likeness (QED) is 0.857. The average Bonchev–Trinajstić information content (AvgIpc) is 2.53. The lowest BCUT2D eigenvalue weighted by Gasteiger charge is -2.35. The highest BCUT2D eigenvalue weighted by atomic mass is 79.9. The summed E-state index contributed by atoms with van der Waals surface area (Å²) in [6.07, 6.45) is 2.36. The fraction of sp³-hybridized carbons (Fsp3) is 0.412. The van der Waals surface area contributed by atoms with Crippen LogP contribution in [0.25, 0.3) is 6.08 Å². The van der Waals surface area contributed by atoms with E-state index in [1.807, 2.05) is 31.2 Å². The maximum Gasteiger partial charge on any atom is 0.306 e. The number of nitrogens with zero attached hydrogens (tertiary/aromatic N) is 1. The number of halogens is 1. The molecule has 0 radical (unpaired) electrons. The highest BCUT2D eigenvalue weighted by Crippen LogP contribution is 2.31. The highest BCUT2D eigenvalue weighted by Gasteiger charge is 2.34. The monoisotopic (exact) mass is 379 g/mol. The van der Waals surface area contributed by atoms with E-state index < -0.39 is 5.97 Å². The molecule has 0 aliphatic carbocycles. The van der Waals surface area contributed by atoms with Gasteiger partial charge in [-0.1, -0.05) is 22.9 Å². The summed E-state index contributed by atoms with van der Waals surface area (Å²) >= 11 is 3.42. The van der Waals surface area contributed by atoms with Crippen molar-refractivity contribution in [3.8, 4) is 5.75 Å². The van der Waals surface area contributed by atoms with Gasteiger partial charge in [0.05, 0.1) is 11.5 Å². The van der Waals surface area contributed by atoms with Crippen LogP contribution in [0.2, 0.25) is 0 Å². The number of carbonyl (C=O) groups excluding carboxylic acids is 1. The summed E-state index contributed by atoms with van der Waals surface area (Å²) in [6.45, 7) is 3.08. The Labute approximate surface area is 143 Å². The van der Waals surface area contributed by atoms with E-state index in [1.54, 1.807) is 4.90 Å². The average molecular weight is 380 g/mol. The molecule has 1 aromatic rings. The van der Waals surface area contributed by atoms with Crippen molar-refractivity contribution < 1.29 is 19.4 Å². The Bertz CT molecular complexity index is 685. The molecule has 1 amide bonds. The zero-order chi connectivity index (χ0) is 16.6. The fourth-order valence-corrected chi connectivity index (χ4v) is 3.55. The summed E-state index contributed by atoms with van der Waals surface area (Å²) in [6, 6.07) is 5.69. The van der Waals surface area contributed by atoms with Crippen molar-refractivity contribution in [2.75, 3.05) is 19.7 Å². The molecule has 122 valence electrons. The molecule has 6 heteroatoms. The van der Waals surface area contributed by atoms with Crippen LogP contribution < -0.4 is 4.74 Å². The number of aliphatic carboxylic acids is 1. The Morgan fingerprint density at radius 2 is 2.17 bits per heavy atom. The number of ether oxygens (including phenoxy) is 1. The number of benzene rings is 1. The first-order valence-electron chi connectivity index (χ1n) is 7.60. The minimum Gasteiger partial charge on any atom is -0.488 e. The lowest BCUT2D eigenvalue weighted by molar-refractivity contribution is -0.147. The second-order valence-electron chi connectivity index (χ2n) is 6.10. The molecule has 23 heavy (non-hydrogen) atoms. The van der Waals surface area contributed by atoms with Crippen molar-refractivity contribution in [1.82, 2.24) is 4.90 Å². The number of carboxylic acids is 1. The third-order valence-electron chi connectivity index (χ3n) is 4.47. The molecule has 2 unspecified atom stereocenters. The molecule has 1 N–H and O–H groups in total. The van der Waals surface area contributed by atoms with Crippen LogP contribution in [0.3, 0.4) is 0 Å². The molecule has 1 saturated heterocycles. The number of hydrogen-bond acceptors (Lipinski definition) is 3. The molecule has 2 aliphatic heterocycles. The largest absolute Gasteiger partial charge is 0.488 e. The Hall–Kier alpha value is -1.82. The molecule has 2 heterocycles. The molecule has 2 aliphatic rings. The number of amides is 1. The van der Waals surface area contributed by atoms with Crippen LogP contribution >= 0.6 is 15.9 Å². The Kier molecular flexibility index (Phi) is 4.43. The molecule has 0 bridgehead atoms. The summed E-state index contributed by atoms with van der Waals surface area (Å²) in [5, 5.41) is 9.18. The Morgan fingerprint density at radius 3 is 2.87 bits per heavy atom. The van der Waals surface area contributed by atoms with Gasteiger partial charge in [0.1, 0.15) is 12.4 Å². The molecule has 0 spiro atoms. The first-order chi connectivity index (χ1) is 11.0. The maximum atomic E-state index is 12.7. The Balaban J connectivity index is 1.76. The molecule has 1 aromatic carbocycles. The van der Waals surface area contributed by atoms with Gasteiger partial charge in [0.2, 0.25) is 0 Å². The van der Waals surface area contributed by atoms with Gasteiger partial charge >= 0.3 is 5.97 Å². The van der Waals surface area contributed by atoms with E-state index in [9.17, 15) is 14.7 Å². The van der Waals surface area contributed by atoms with E-state index >= 15 is 0 Å². The van der Waals surface area contributed by atoms with Gasteiger partial charge in [0, 0.05) is 23.1 Å². The number of likely N-dealkylation sites (tertiary alicyclic amines) is 1. The van der Waals surface area contributed by atoms with Crippen molar-refractivity contribution in [3.63, 3.8) is 0 Å². The second kappa shape index (κ2) is 6.35. The summed E-state index contributed by atoms with van der Waals surface area (Å²) in [7, 11) is 0. The third kappa shape index (κ3) is 3.27. The fourth-order valence-electron chi connectivity index (χ4n) is 3.17. The zero-order valence-corrected chi connectivity index (χ0v) is 14.4. The number of fused-ring (bicyclic) bond motifs is 1. The normalized spacial score (nSPS) is 23.6. The summed E-state index contributed by atoms with van der Waals surface area (Å²) in [4.78, 5) is 25.6. The number of piperidine rings is 1. The Morgan fingerprint density at radius 1 is 1.39 bits per heavy atom. The van der Waals surface area contributed by atoms with Gasteiger partial charge in [-0.05, 0) is 36.6 Å². The molecule has 3 rings (SSSR count). The van der Waals surface area contributed by atoms with Crippen LogP contribution in [0.5, 0.6) is 5.75 Å². The van der Waals surface area contributed by atoms with E-state index in [1.165, 1.54) is 0 Å². The smallest absolute Gasteiger partial charge is 0.306 e. The van der Waals surface area contributed by atoms with Crippen LogP contribution in [0.15, 0.2) is 28.2 Å². The molecular formula is C17H18BrNO4. The summed E-state index contributed by atoms with van der Waals surface area (Å²) in [5.41, 5.74) is 1.49. The van der Waals surface area contributed by atoms with Gasteiger partial charge in [-0.3, -0.25) is 9.59 Å². The van der Waals surface area contributed by atoms with E-state index in [0.29, 0.717) is 25.1 Å². The predicted molar refractivity (Wildman–Crippen MR) is 89.1 cm³/mol. The van der Waals surface area contributed by atoms with E-state index in [0.717, 1.165) is 15.8 Å². The number of carboxylic acid groups (broad SMARTS) is 1. The van der Waals surface area contributed by atoms with Crippen molar-refractivity contribution >= 4 is 33.9 Å². The first-order valence-corrected chi connectivity index (χ1v) is 8.40. The third-order valence-corrected chi connectivity index (χ3v) is 4.96. The minimum absolute atomic E-state index is 0.0447. The van der Waals surface area contributed by atoms with Crippen molar-refractivity contribution in [1.29, 1.82) is 0 Å². The maximum absolute atomic E-state index is 12.7. The van der Waals surface area contributed by atoms with Gasteiger partial charge in [0.25, 0.3) is 5.91 Å². The van der Waals surface area contributed by atoms with Crippen LogP contribution in [0.1, 0.15) is 18.9 Å². The zero-order valence-electron chi connectivity index (χ0n) is 12.8. The van der Waals surface area contributed by atoms with E-state index in [4.69, 9.17) is 4.74 Å². The van der Waals surface area contributed by atoms with Crippen molar-refractivity contribution in [2.45, 2.75) is 13.3 Å².